The number of aromatic nitrogens is 2. The van der Waals surface area contributed by atoms with Crippen molar-refractivity contribution in [3.05, 3.63) is 15.9 Å². The SMILES string of the molecule is CC(C)c1[nH]nc(C(=O)N2CC[C@@H]3CNC[C@@H]3CC2)c1Br.Cl. The molecule has 0 saturated carbocycles. The van der Waals surface area contributed by atoms with Crippen molar-refractivity contribution < 1.29 is 4.79 Å². The fourth-order valence-corrected chi connectivity index (χ4v) is 4.24. The molecule has 2 aliphatic heterocycles. The van der Waals surface area contributed by atoms with Crippen molar-refractivity contribution in [3.63, 3.8) is 0 Å². The number of rotatable bonds is 2. The molecule has 1 aromatic rings. The fourth-order valence-electron chi connectivity index (χ4n) is 3.44. The minimum Gasteiger partial charge on any atom is -0.337 e. The minimum absolute atomic E-state index is 0. The van der Waals surface area contributed by atoms with Gasteiger partial charge in [-0.2, -0.15) is 5.10 Å². The lowest BCUT2D eigenvalue weighted by Gasteiger charge is -2.20. The Balaban J connectivity index is 0.00000176. The third-order valence-corrected chi connectivity index (χ3v) is 5.62. The second-order valence-corrected chi connectivity index (χ2v) is 7.30. The van der Waals surface area contributed by atoms with E-state index in [0.717, 1.165) is 61.0 Å². The molecule has 2 aliphatic rings. The number of fused-ring (bicyclic) bond motifs is 1. The van der Waals surface area contributed by atoms with Gasteiger partial charge in [-0.1, -0.05) is 13.8 Å². The van der Waals surface area contributed by atoms with Crippen LogP contribution in [0.3, 0.4) is 0 Å². The van der Waals surface area contributed by atoms with E-state index in [9.17, 15) is 4.79 Å². The van der Waals surface area contributed by atoms with Gasteiger partial charge in [0, 0.05) is 13.1 Å². The highest BCUT2D eigenvalue weighted by atomic mass is 79.9. The Labute approximate surface area is 146 Å². The highest BCUT2D eigenvalue weighted by Crippen LogP contribution is 2.30. The van der Waals surface area contributed by atoms with Crippen molar-refractivity contribution >= 4 is 34.2 Å². The van der Waals surface area contributed by atoms with Crippen molar-refractivity contribution in [1.29, 1.82) is 0 Å². The van der Waals surface area contributed by atoms with E-state index in [0.29, 0.717) is 11.6 Å². The minimum atomic E-state index is 0. The van der Waals surface area contributed by atoms with Gasteiger partial charge in [0.15, 0.2) is 5.69 Å². The van der Waals surface area contributed by atoms with Crippen LogP contribution in [0.25, 0.3) is 0 Å². The first-order valence-electron chi connectivity index (χ1n) is 7.81. The molecule has 7 heteroatoms. The predicted octanol–water partition coefficient (Wildman–Crippen LogP) is 2.79. The molecule has 1 amide bonds. The zero-order chi connectivity index (χ0) is 15.0. The highest BCUT2D eigenvalue weighted by molar-refractivity contribution is 9.10. The summed E-state index contributed by atoms with van der Waals surface area (Å²) in [4.78, 5) is 14.7. The van der Waals surface area contributed by atoms with Crippen molar-refractivity contribution in [2.45, 2.75) is 32.6 Å². The average molecular weight is 392 g/mol. The van der Waals surface area contributed by atoms with Gasteiger partial charge in [-0.15, -0.1) is 12.4 Å². The molecule has 22 heavy (non-hydrogen) atoms. The van der Waals surface area contributed by atoms with Crippen LogP contribution in [0, 0.1) is 11.8 Å². The summed E-state index contributed by atoms with van der Waals surface area (Å²) in [6.45, 7) is 8.09. The normalized spacial score (nSPS) is 24.8. The molecule has 0 bridgehead atoms. The molecule has 0 spiro atoms. The lowest BCUT2D eigenvalue weighted by molar-refractivity contribution is 0.0751. The van der Waals surface area contributed by atoms with Gasteiger partial charge < -0.3 is 10.2 Å². The number of H-pyrrole nitrogens is 1. The molecular formula is C15H24BrClN4O. The summed E-state index contributed by atoms with van der Waals surface area (Å²) in [6, 6.07) is 0. The van der Waals surface area contributed by atoms with Crippen molar-refractivity contribution in [2.24, 2.45) is 11.8 Å². The Kier molecular flexibility index (Phi) is 5.91. The van der Waals surface area contributed by atoms with E-state index >= 15 is 0 Å². The first-order chi connectivity index (χ1) is 10.1. The summed E-state index contributed by atoms with van der Waals surface area (Å²) in [5.74, 6) is 1.84. The molecule has 2 atom stereocenters. The topological polar surface area (TPSA) is 61.0 Å². The largest absolute Gasteiger partial charge is 0.337 e. The van der Waals surface area contributed by atoms with E-state index in [-0.39, 0.29) is 18.3 Å². The van der Waals surface area contributed by atoms with Crippen molar-refractivity contribution in [3.8, 4) is 0 Å². The van der Waals surface area contributed by atoms with Gasteiger partial charge in [0.1, 0.15) is 0 Å². The average Bonchev–Trinajstić information content (AvgIpc) is 3.00. The van der Waals surface area contributed by atoms with Crippen LogP contribution in [0.2, 0.25) is 0 Å². The van der Waals surface area contributed by atoms with Gasteiger partial charge in [0.05, 0.1) is 10.2 Å². The van der Waals surface area contributed by atoms with Gasteiger partial charge in [-0.05, 0) is 59.6 Å². The van der Waals surface area contributed by atoms with Gasteiger partial charge >= 0.3 is 0 Å². The number of aromatic amines is 1. The van der Waals surface area contributed by atoms with Crippen LogP contribution in [-0.2, 0) is 0 Å². The summed E-state index contributed by atoms with van der Waals surface area (Å²) in [5.41, 5.74) is 1.53. The number of carbonyl (C=O) groups excluding carboxylic acids is 1. The zero-order valence-corrected chi connectivity index (χ0v) is 15.5. The van der Waals surface area contributed by atoms with Crippen molar-refractivity contribution in [1.82, 2.24) is 20.4 Å². The van der Waals surface area contributed by atoms with Gasteiger partial charge in [-0.25, -0.2) is 0 Å². The van der Waals surface area contributed by atoms with Crippen LogP contribution in [0.15, 0.2) is 4.47 Å². The Hall–Kier alpha value is -0.590. The number of likely N-dealkylation sites (tertiary alicyclic amines) is 1. The summed E-state index contributed by atoms with van der Waals surface area (Å²) < 4.78 is 0.827. The summed E-state index contributed by atoms with van der Waals surface area (Å²) in [5, 5.41) is 10.7. The molecule has 2 N–H and O–H groups in total. The molecular weight excluding hydrogens is 368 g/mol. The first kappa shape index (κ1) is 17.8. The van der Waals surface area contributed by atoms with Crippen LogP contribution in [0.4, 0.5) is 0 Å². The molecule has 3 rings (SSSR count). The number of halogens is 2. The van der Waals surface area contributed by atoms with Crippen molar-refractivity contribution in [2.75, 3.05) is 26.2 Å². The molecule has 2 saturated heterocycles. The maximum absolute atomic E-state index is 12.7. The second-order valence-electron chi connectivity index (χ2n) is 6.50. The summed E-state index contributed by atoms with van der Waals surface area (Å²) in [6.07, 6.45) is 2.20. The monoisotopic (exact) mass is 390 g/mol. The highest BCUT2D eigenvalue weighted by Gasteiger charge is 2.33. The Morgan fingerprint density at radius 2 is 1.86 bits per heavy atom. The van der Waals surface area contributed by atoms with E-state index in [4.69, 9.17) is 0 Å². The van der Waals surface area contributed by atoms with E-state index < -0.39 is 0 Å². The molecule has 2 fully saturated rings. The molecule has 3 heterocycles. The van der Waals surface area contributed by atoms with Crippen LogP contribution >= 0.6 is 28.3 Å². The van der Waals surface area contributed by atoms with Crippen LogP contribution < -0.4 is 5.32 Å². The van der Waals surface area contributed by atoms with E-state index in [1.807, 2.05) is 4.90 Å². The lowest BCUT2D eigenvalue weighted by atomic mass is 9.92. The molecule has 1 aromatic heterocycles. The lowest BCUT2D eigenvalue weighted by Crippen LogP contribution is -2.33. The maximum Gasteiger partial charge on any atom is 0.275 e. The van der Waals surface area contributed by atoms with Crippen LogP contribution in [0.5, 0.6) is 0 Å². The third-order valence-electron chi connectivity index (χ3n) is 4.82. The van der Waals surface area contributed by atoms with E-state index in [1.165, 1.54) is 0 Å². The number of carbonyl (C=O) groups is 1. The summed E-state index contributed by atoms with van der Waals surface area (Å²) >= 11 is 3.54. The fraction of sp³-hybridized carbons (Fsp3) is 0.733. The zero-order valence-electron chi connectivity index (χ0n) is 13.1. The van der Waals surface area contributed by atoms with E-state index in [2.05, 4.69) is 45.3 Å². The number of nitrogens with one attached hydrogen (secondary N) is 2. The predicted molar refractivity (Wildman–Crippen MR) is 92.6 cm³/mol. The van der Waals surface area contributed by atoms with E-state index in [1.54, 1.807) is 0 Å². The Morgan fingerprint density at radius 3 is 2.36 bits per heavy atom. The first-order valence-corrected chi connectivity index (χ1v) is 8.61. The number of amides is 1. The third kappa shape index (κ3) is 3.34. The molecule has 0 unspecified atom stereocenters. The molecule has 0 radical (unpaired) electrons. The van der Waals surface area contributed by atoms with Gasteiger partial charge in [-0.3, -0.25) is 9.89 Å². The number of hydrogen-bond donors (Lipinski definition) is 2. The Morgan fingerprint density at radius 1 is 1.27 bits per heavy atom. The molecule has 0 aromatic carbocycles. The van der Waals surface area contributed by atoms with Gasteiger partial charge in [0.25, 0.3) is 5.91 Å². The Bertz CT molecular complexity index is 520. The number of hydrogen-bond acceptors (Lipinski definition) is 3. The smallest absolute Gasteiger partial charge is 0.275 e. The van der Waals surface area contributed by atoms with Crippen LogP contribution in [0.1, 0.15) is 48.8 Å². The molecule has 124 valence electrons. The molecule has 0 aliphatic carbocycles. The number of nitrogens with zero attached hydrogens (tertiary/aromatic N) is 2. The standard InChI is InChI=1S/C15H23BrN4O.ClH/c1-9(2)13-12(16)14(19-18-13)15(21)20-5-3-10-7-17-8-11(10)4-6-20;/h9-11,17H,3-8H2,1-2H3,(H,18,19);1H/t10-,11+;. The quantitative estimate of drug-likeness (QED) is 0.815. The summed E-state index contributed by atoms with van der Waals surface area (Å²) in [7, 11) is 0. The maximum atomic E-state index is 12.7. The van der Waals surface area contributed by atoms with Crippen LogP contribution in [-0.4, -0.2) is 47.2 Å². The molecule has 5 nitrogen and oxygen atoms in total. The van der Waals surface area contributed by atoms with Gasteiger partial charge in [0.2, 0.25) is 0 Å². The second kappa shape index (κ2) is 7.32.